The highest BCUT2D eigenvalue weighted by Gasteiger charge is 2.31. The van der Waals surface area contributed by atoms with Crippen LogP contribution in [-0.4, -0.2) is 48.0 Å². The Bertz CT molecular complexity index is 975. The first kappa shape index (κ1) is 17.2. The van der Waals surface area contributed by atoms with Crippen LogP contribution in [0.1, 0.15) is 24.2 Å². The lowest BCUT2D eigenvalue weighted by Gasteiger charge is -2.32. The highest BCUT2D eigenvalue weighted by atomic mass is 16.2. The van der Waals surface area contributed by atoms with Gasteiger partial charge in [-0.05, 0) is 32.8 Å². The van der Waals surface area contributed by atoms with Gasteiger partial charge < -0.3 is 5.32 Å². The molecule has 4 heterocycles. The highest BCUT2D eigenvalue weighted by molar-refractivity contribution is 5.98. The van der Waals surface area contributed by atoms with Gasteiger partial charge in [-0.3, -0.25) is 19.4 Å². The minimum Gasteiger partial charge on any atom is -0.357 e. The number of aryl methyl sites for hydroxylation is 3. The van der Waals surface area contributed by atoms with E-state index in [1.54, 1.807) is 32.9 Å². The number of hydrogen-bond donors (Lipinski definition) is 1. The van der Waals surface area contributed by atoms with Crippen LogP contribution in [-0.2, 0) is 11.8 Å². The van der Waals surface area contributed by atoms with Crippen molar-refractivity contribution in [2.75, 3.05) is 16.8 Å². The van der Waals surface area contributed by atoms with Crippen LogP contribution in [0.3, 0.4) is 0 Å². The Kier molecular flexibility index (Phi) is 4.35. The third kappa shape index (κ3) is 3.27. The number of aromatic nitrogens is 6. The Morgan fingerprint density at radius 3 is 2.81 bits per heavy atom. The summed E-state index contributed by atoms with van der Waals surface area (Å²) >= 11 is 0. The first-order valence-corrected chi connectivity index (χ1v) is 8.94. The number of nitrogens with zero attached hydrogens (tertiary/aromatic N) is 7. The van der Waals surface area contributed by atoms with Crippen LogP contribution in [0, 0.1) is 13.8 Å². The summed E-state index contributed by atoms with van der Waals surface area (Å²) in [5, 5.41) is 11.8. The van der Waals surface area contributed by atoms with Gasteiger partial charge in [0.1, 0.15) is 17.7 Å². The molecule has 1 fully saturated rings. The fraction of sp³-hybridized carbons (Fsp3) is 0.389. The summed E-state index contributed by atoms with van der Waals surface area (Å²) in [6.45, 7) is 4.60. The van der Waals surface area contributed by atoms with Crippen molar-refractivity contribution in [2.24, 2.45) is 7.05 Å². The van der Waals surface area contributed by atoms with Gasteiger partial charge in [0.15, 0.2) is 5.82 Å². The van der Waals surface area contributed by atoms with Gasteiger partial charge in [-0.1, -0.05) is 0 Å². The van der Waals surface area contributed by atoms with Crippen molar-refractivity contribution in [2.45, 2.75) is 32.7 Å². The summed E-state index contributed by atoms with van der Waals surface area (Å²) in [6, 6.07) is 3.49. The summed E-state index contributed by atoms with van der Waals surface area (Å²) in [4.78, 5) is 23.6. The molecule has 3 aromatic heterocycles. The van der Waals surface area contributed by atoms with Gasteiger partial charge in [0.2, 0.25) is 0 Å². The Labute approximate surface area is 157 Å². The van der Waals surface area contributed by atoms with Crippen molar-refractivity contribution >= 4 is 17.5 Å². The van der Waals surface area contributed by atoms with Crippen LogP contribution in [0.4, 0.5) is 11.6 Å². The number of anilines is 2. The summed E-state index contributed by atoms with van der Waals surface area (Å²) in [7, 11) is 1.84. The van der Waals surface area contributed by atoms with E-state index in [2.05, 4.69) is 25.5 Å². The van der Waals surface area contributed by atoms with Gasteiger partial charge in [0.25, 0.3) is 5.91 Å². The number of carbonyl (C=O) groups excluding carboxylic acids is 1. The van der Waals surface area contributed by atoms with Gasteiger partial charge in [-0.15, -0.1) is 0 Å². The first-order valence-electron chi connectivity index (χ1n) is 8.94. The summed E-state index contributed by atoms with van der Waals surface area (Å²) in [5.41, 5.74) is 1.90. The molecule has 1 aliphatic rings. The minimum atomic E-state index is -0.348. The van der Waals surface area contributed by atoms with E-state index in [4.69, 9.17) is 0 Å². The lowest BCUT2D eigenvalue weighted by atomic mass is 10.0. The van der Waals surface area contributed by atoms with Gasteiger partial charge in [0.05, 0.1) is 24.3 Å². The van der Waals surface area contributed by atoms with Gasteiger partial charge >= 0.3 is 0 Å². The molecule has 9 heteroatoms. The molecule has 140 valence electrons. The van der Waals surface area contributed by atoms with Crippen LogP contribution < -0.4 is 10.2 Å². The number of carbonyl (C=O) groups is 1. The second-order valence-electron chi connectivity index (χ2n) is 6.74. The van der Waals surface area contributed by atoms with Crippen LogP contribution in [0.2, 0.25) is 0 Å². The molecule has 3 aromatic rings. The van der Waals surface area contributed by atoms with Crippen LogP contribution in [0.25, 0.3) is 5.82 Å². The van der Waals surface area contributed by atoms with Gasteiger partial charge in [0, 0.05) is 25.4 Å². The van der Waals surface area contributed by atoms with Crippen molar-refractivity contribution in [1.82, 2.24) is 29.5 Å². The van der Waals surface area contributed by atoms with E-state index >= 15 is 0 Å². The Morgan fingerprint density at radius 1 is 1.26 bits per heavy atom. The molecular weight excluding hydrogens is 344 g/mol. The normalized spacial score (nSPS) is 17.4. The largest absolute Gasteiger partial charge is 0.357 e. The fourth-order valence-corrected chi connectivity index (χ4v) is 3.43. The molecule has 0 saturated carbocycles. The molecule has 4 rings (SSSR count). The molecule has 0 radical (unpaired) electrons. The summed E-state index contributed by atoms with van der Waals surface area (Å²) in [5.74, 6) is 2.00. The van der Waals surface area contributed by atoms with E-state index in [-0.39, 0.29) is 11.9 Å². The zero-order valence-corrected chi connectivity index (χ0v) is 15.6. The van der Waals surface area contributed by atoms with Gasteiger partial charge in [-0.25, -0.2) is 9.67 Å². The molecule has 1 amide bonds. The van der Waals surface area contributed by atoms with Crippen LogP contribution in [0.15, 0.2) is 30.7 Å². The standard InChI is InChI=1S/C18H22N8O/c1-12-9-13(2)26(23-12)16-11-19-10-15(22-16)21-14-5-4-8-25(18(14)27)17-6-7-20-24(17)3/h6-7,9-11,14H,4-5,8H2,1-3H3,(H,21,22)/t14-/m1/s1. The average molecular weight is 366 g/mol. The van der Waals surface area contributed by atoms with E-state index in [9.17, 15) is 4.79 Å². The van der Waals surface area contributed by atoms with Crippen molar-refractivity contribution in [1.29, 1.82) is 0 Å². The molecule has 1 aliphatic heterocycles. The van der Waals surface area contributed by atoms with E-state index < -0.39 is 0 Å². The quantitative estimate of drug-likeness (QED) is 0.754. The third-order valence-electron chi connectivity index (χ3n) is 4.68. The monoisotopic (exact) mass is 366 g/mol. The SMILES string of the molecule is Cc1cc(C)n(-c2cncc(N[C@@H]3CCCN(c4ccnn4C)C3=O)n2)n1. The zero-order chi connectivity index (χ0) is 19.0. The topological polar surface area (TPSA) is 93.8 Å². The van der Waals surface area contributed by atoms with Crippen molar-refractivity contribution in [3.63, 3.8) is 0 Å². The number of nitrogens with one attached hydrogen (secondary N) is 1. The molecular formula is C18H22N8O. The van der Waals surface area contributed by atoms with E-state index in [1.807, 2.05) is 33.0 Å². The second kappa shape index (κ2) is 6.82. The predicted molar refractivity (Wildman–Crippen MR) is 101 cm³/mol. The molecule has 0 spiro atoms. The van der Waals surface area contributed by atoms with Gasteiger partial charge in [-0.2, -0.15) is 10.2 Å². The van der Waals surface area contributed by atoms with Crippen molar-refractivity contribution in [3.8, 4) is 5.82 Å². The number of rotatable bonds is 4. The molecule has 0 bridgehead atoms. The van der Waals surface area contributed by atoms with E-state index in [0.717, 1.165) is 30.0 Å². The zero-order valence-electron chi connectivity index (χ0n) is 15.6. The Balaban J connectivity index is 1.55. The molecule has 27 heavy (non-hydrogen) atoms. The Morgan fingerprint density at radius 2 is 2.11 bits per heavy atom. The molecule has 1 N–H and O–H groups in total. The minimum absolute atomic E-state index is 0.0168. The smallest absolute Gasteiger partial charge is 0.250 e. The Hall–Kier alpha value is -3.23. The first-order chi connectivity index (χ1) is 13.0. The maximum absolute atomic E-state index is 12.9. The maximum Gasteiger partial charge on any atom is 0.250 e. The van der Waals surface area contributed by atoms with Crippen molar-refractivity contribution in [3.05, 3.63) is 42.1 Å². The number of hydrogen-bond acceptors (Lipinski definition) is 6. The van der Waals surface area contributed by atoms with E-state index in [0.29, 0.717) is 18.2 Å². The van der Waals surface area contributed by atoms with Crippen LogP contribution in [0.5, 0.6) is 0 Å². The highest BCUT2D eigenvalue weighted by Crippen LogP contribution is 2.22. The second-order valence-corrected chi connectivity index (χ2v) is 6.74. The number of piperidine rings is 1. The summed E-state index contributed by atoms with van der Waals surface area (Å²) < 4.78 is 3.46. The summed E-state index contributed by atoms with van der Waals surface area (Å²) in [6.07, 6.45) is 6.64. The average Bonchev–Trinajstić information content (AvgIpc) is 3.22. The lowest BCUT2D eigenvalue weighted by molar-refractivity contribution is -0.120. The predicted octanol–water partition coefficient (Wildman–Crippen LogP) is 1.62. The number of amides is 1. The molecule has 1 saturated heterocycles. The molecule has 9 nitrogen and oxygen atoms in total. The molecule has 0 aliphatic carbocycles. The lowest BCUT2D eigenvalue weighted by Crippen LogP contribution is -2.48. The van der Waals surface area contributed by atoms with Crippen LogP contribution >= 0.6 is 0 Å². The fourth-order valence-electron chi connectivity index (χ4n) is 3.43. The van der Waals surface area contributed by atoms with Crippen molar-refractivity contribution < 1.29 is 4.79 Å². The maximum atomic E-state index is 12.9. The molecule has 1 atom stereocenters. The van der Waals surface area contributed by atoms with E-state index in [1.165, 1.54) is 0 Å². The molecule has 0 aromatic carbocycles. The molecule has 0 unspecified atom stereocenters. The third-order valence-corrected chi connectivity index (χ3v) is 4.68.